The van der Waals surface area contributed by atoms with Crippen molar-refractivity contribution in [2.45, 2.75) is 0 Å². The number of nitriles is 1. The topological polar surface area (TPSA) is 32.6 Å². The molecular weight excluding hydrogens is 426 g/mol. The van der Waals surface area contributed by atoms with Crippen LogP contribution in [0.2, 0.25) is 0 Å². The molecule has 0 bridgehead atoms. The van der Waals surface area contributed by atoms with Crippen LogP contribution in [0.4, 0.5) is 5.69 Å². The molecule has 3 heteroatoms. The lowest BCUT2D eigenvalue weighted by Crippen LogP contribution is -1.92. The van der Waals surface area contributed by atoms with Crippen LogP contribution < -0.4 is 0 Å². The third-order valence-electron chi connectivity index (χ3n) is 6.99. The highest BCUT2D eigenvalue weighted by Crippen LogP contribution is 2.47. The Morgan fingerprint density at radius 2 is 1.11 bits per heavy atom. The average Bonchev–Trinajstić information content (AvgIpc) is 3.44. The number of rotatable bonds is 2. The van der Waals surface area contributed by atoms with Crippen LogP contribution in [0.25, 0.3) is 65.2 Å². The van der Waals surface area contributed by atoms with E-state index in [9.17, 15) is 5.26 Å². The van der Waals surface area contributed by atoms with Gasteiger partial charge in [0.2, 0.25) is 0 Å². The first kappa shape index (κ1) is 19.4. The van der Waals surface area contributed by atoms with Gasteiger partial charge >= 0.3 is 0 Å². The normalized spacial score (nSPS) is 11.4. The number of benzene rings is 5. The third-order valence-corrected chi connectivity index (χ3v) is 6.99. The molecule has 5 aromatic carbocycles. The van der Waals surface area contributed by atoms with Crippen molar-refractivity contribution in [1.82, 2.24) is 4.40 Å². The Balaban J connectivity index is 1.83. The standard InChI is InChI=1S/C32H17N3/c1-34-27-18-17-26-24-14-8-13-23-25-16-15-22(19-33)28(20-9-4-2-5-10-20)31(25)35(30(23)24)32(26)29(27)21-11-6-3-7-12-21/h2-18H. The van der Waals surface area contributed by atoms with Gasteiger partial charge in [-0.1, -0.05) is 97.1 Å². The Kier molecular flexibility index (Phi) is 3.98. The Labute approximate surface area is 201 Å². The summed E-state index contributed by atoms with van der Waals surface area (Å²) in [5, 5.41) is 14.6. The second kappa shape index (κ2) is 7.19. The molecule has 2 heterocycles. The Bertz CT molecular complexity index is 1860. The van der Waals surface area contributed by atoms with E-state index in [2.05, 4.69) is 69.9 Å². The highest BCUT2D eigenvalue weighted by molar-refractivity contribution is 6.27. The predicted octanol–water partition coefficient (Wildman–Crippen LogP) is 8.59. The van der Waals surface area contributed by atoms with Crippen molar-refractivity contribution in [3.05, 3.63) is 120 Å². The van der Waals surface area contributed by atoms with Crippen LogP contribution in [-0.4, -0.2) is 4.40 Å². The van der Waals surface area contributed by atoms with Crippen molar-refractivity contribution in [2.75, 3.05) is 0 Å². The molecule has 0 radical (unpaired) electrons. The molecule has 3 nitrogen and oxygen atoms in total. The molecule has 7 rings (SSSR count). The van der Waals surface area contributed by atoms with Crippen molar-refractivity contribution in [1.29, 1.82) is 5.26 Å². The lowest BCUT2D eigenvalue weighted by molar-refractivity contribution is 1.36. The summed E-state index contributed by atoms with van der Waals surface area (Å²) < 4.78 is 2.30. The summed E-state index contributed by atoms with van der Waals surface area (Å²) in [4.78, 5) is 3.91. The first-order chi connectivity index (χ1) is 17.3. The molecule has 2 aromatic heterocycles. The van der Waals surface area contributed by atoms with Crippen molar-refractivity contribution in [2.24, 2.45) is 0 Å². The maximum absolute atomic E-state index is 10.1. The molecule has 0 aliphatic rings. The largest absolute Gasteiger partial charge is 0.308 e. The number of para-hydroxylation sites is 1. The predicted molar refractivity (Wildman–Crippen MR) is 143 cm³/mol. The average molecular weight is 444 g/mol. The van der Waals surface area contributed by atoms with E-state index in [4.69, 9.17) is 6.57 Å². The summed E-state index contributed by atoms with van der Waals surface area (Å²) in [6.45, 7) is 7.94. The number of aromatic nitrogens is 1. The number of hydrogen-bond acceptors (Lipinski definition) is 1. The molecule has 7 aromatic rings. The van der Waals surface area contributed by atoms with Gasteiger partial charge in [0.15, 0.2) is 5.69 Å². The fourth-order valence-electron chi connectivity index (χ4n) is 5.60. The second-order valence-corrected chi connectivity index (χ2v) is 8.73. The van der Waals surface area contributed by atoms with E-state index in [1.807, 2.05) is 48.5 Å². The molecule has 0 saturated carbocycles. The minimum absolute atomic E-state index is 0.621. The summed E-state index contributed by atoms with van der Waals surface area (Å²) in [5.74, 6) is 0. The molecule has 0 atom stereocenters. The maximum atomic E-state index is 10.1. The molecular formula is C32H17N3. The Morgan fingerprint density at radius 3 is 1.71 bits per heavy atom. The highest BCUT2D eigenvalue weighted by Gasteiger charge is 2.24. The first-order valence-corrected chi connectivity index (χ1v) is 11.5. The Morgan fingerprint density at radius 1 is 0.571 bits per heavy atom. The summed E-state index contributed by atoms with van der Waals surface area (Å²) in [7, 11) is 0. The van der Waals surface area contributed by atoms with Gasteiger partial charge in [0.25, 0.3) is 0 Å². The molecule has 0 saturated heterocycles. The van der Waals surface area contributed by atoms with Gasteiger partial charge in [-0.2, -0.15) is 5.26 Å². The third kappa shape index (κ3) is 2.53. The number of nitrogens with zero attached hydrogens (tertiary/aromatic N) is 3. The van der Waals surface area contributed by atoms with E-state index in [0.717, 1.165) is 60.3 Å². The zero-order valence-electron chi connectivity index (χ0n) is 18.7. The van der Waals surface area contributed by atoms with E-state index >= 15 is 0 Å². The van der Waals surface area contributed by atoms with Crippen LogP contribution in [0.5, 0.6) is 0 Å². The van der Waals surface area contributed by atoms with Crippen molar-refractivity contribution < 1.29 is 0 Å². The van der Waals surface area contributed by atoms with Gasteiger partial charge in [0.1, 0.15) is 0 Å². The van der Waals surface area contributed by atoms with Crippen LogP contribution in [0.15, 0.2) is 103 Å². The fourth-order valence-corrected chi connectivity index (χ4v) is 5.60. The van der Waals surface area contributed by atoms with E-state index in [0.29, 0.717) is 11.3 Å². The molecule has 0 amide bonds. The molecule has 0 aliphatic carbocycles. The highest BCUT2D eigenvalue weighted by atomic mass is 14.9. The SMILES string of the molecule is [C-]#[N+]c1ccc2c3cccc4c5ccc(C#N)c(-c6ccccc6)c5n(c2c1-c1ccccc1)c43. The van der Waals surface area contributed by atoms with E-state index in [-0.39, 0.29) is 0 Å². The van der Waals surface area contributed by atoms with E-state index in [1.54, 1.807) is 0 Å². The lowest BCUT2D eigenvalue weighted by Gasteiger charge is -2.12. The van der Waals surface area contributed by atoms with Crippen molar-refractivity contribution in [3.63, 3.8) is 0 Å². The minimum atomic E-state index is 0.621. The van der Waals surface area contributed by atoms with Crippen molar-refractivity contribution in [3.8, 4) is 28.3 Å². The quantitative estimate of drug-likeness (QED) is 0.246. The van der Waals surface area contributed by atoms with Crippen LogP contribution in [0.3, 0.4) is 0 Å². The molecule has 160 valence electrons. The van der Waals surface area contributed by atoms with E-state index in [1.165, 1.54) is 0 Å². The van der Waals surface area contributed by atoms with Gasteiger partial charge in [-0.15, -0.1) is 0 Å². The van der Waals surface area contributed by atoms with Gasteiger partial charge in [-0.3, -0.25) is 0 Å². The summed E-state index contributed by atoms with van der Waals surface area (Å²) in [6, 6.07) is 37.1. The molecule has 0 aliphatic heterocycles. The molecule has 0 N–H and O–H groups in total. The molecule has 0 unspecified atom stereocenters. The van der Waals surface area contributed by atoms with Crippen LogP contribution in [-0.2, 0) is 0 Å². The summed E-state index contributed by atoms with van der Waals surface area (Å²) >= 11 is 0. The Hall–Kier alpha value is -5.12. The smallest absolute Gasteiger partial charge is 0.197 e. The summed E-state index contributed by atoms with van der Waals surface area (Å²) in [5.41, 5.74) is 8.28. The zero-order chi connectivity index (χ0) is 23.5. The van der Waals surface area contributed by atoms with Crippen LogP contribution in [0, 0.1) is 17.9 Å². The minimum Gasteiger partial charge on any atom is -0.308 e. The lowest BCUT2D eigenvalue weighted by atomic mass is 9.95. The molecule has 35 heavy (non-hydrogen) atoms. The van der Waals surface area contributed by atoms with E-state index < -0.39 is 0 Å². The van der Waals surface area contributed by atoms with Gasteiger partial charge in [0.05, 0.1) is 34.8 Å². The number of fused-ring (bicyclic) bond motifs is 6. The zero-order valence-corrected chi connectivity index (χ0v) is 18.7. The monoisotopic (exact) mass is 443 g/mol. The van der Waals surface area contributed by atoms with Gasteiger partial charge in [0, 0.05) is 32.7 Å². The van der Waals surface area contributed by atoms with Gasteiger partial charge < -0.3 is 4.40 Å². The first-order valence-electron chi connectivity index (χ1n) is 11.5. The number of hydrogen-bond donors (Lipinski definition) is 0. The molecule has 0 spiro atoms. The molecule has 0 fully saturated rings. The maximum Gasteiger partial charge on any atom is 0.197 e. The summed E-state index contributed by atoms with van der Waals surface area (Å²) in [6.07, 6.45) is 0. The second-order valence-electron chi connectivity index (χ2n) is 8.73. The van der Waals surface area contributed by atoms with Gasteiger partial charge in [-0.25, -0.2) is 4.85 Å². The van der Waals surface area contributed by atoms with Crippen LogP contribution >= 0.6 is 0 Å². The van der Waals surface area contributed by atoms with Crippen LogP contribution in [0.1, 0.15) is 5.56 Å². The van der Waals surface area contributed by atoms with Gasteiger partial charge in [-0.05, 0) is 17.2 Å². The fraction of sp³-hybridized carbons (Fsp3) is 0. The van der Waals surface area contributed by atoms with Crippen molar-refractivity contribution >= 4 is 43.8 Å².